The summed E-state index contributed by atoms with van der Waals surface area (Å²) in [6, 6.07) is 16.1. The molecule has 0 atom stereocenters. The molecule has 1 fully saturated rings. The van der Waals surface area contributed by atoms with Gasteiger partial charge in [-0.3, -0.25) is 14.6 Å². The number of aryl methyl sites for hydroxylation is 1. The number of amides is 1. The first kappa shape index (κ1) is 18.4. The average molecular weight is 353 g/mol. The Labute approximate surface area is 155 Å². The van der Waals surface area contributed by atoms with Crippen LogP contribution in [0.4, 0.5) is 5.69 Å². The summed E-state index contributed by atoms with van der Waals surface area (Å²) in [7, 11) is 1.69. The van der Waals surface area contributed by atoms with Gasteiger partial charge in [0.2, 0.25) is 5.91 Å². The summed E-state index contributed by atoms with van der Waals surface area (Å²) in [4.78, 5) is 16.9. The lowest BCUT2D eigenvalue weighted by atomic mass is 10.2. The van der Waals surface area contributed by atoms with E-state index < -0.39 is 0 Å². The first-order chi connectivity index (χ1) is 12.6. The monoisotopic (exact) mass is 353 g/mol. The number of hydrogen-bond acceptors (Lipinski definition) is 4. The first-order valence-electron chi connectivity index (χ1n) is 9.06. The van der Waals surface area contributed by atoms with Gasteiger partial charge < -0.3 is 10.1 Å². The minimum Gasteiger partial charge on any atom is -0.497 e. The van der Waals surface area contributed by atoms with Crippen molar-refractivity contribution < 1.29 is 9.53 Å². The highest BCUT2D eigenvalue weighted by molar-refractivity contribution is 5.92. The van der Waals surface area contributed by atoms with Gasteiger partial charge in [0.15, 0.2) is 0 Å². The average Bonchev–Trinajstić information content (AvgIpc) is 2.63. The molecule has 2 aromatic carbocycles. The molecule has 0 saturated carbocycles. The van der Waals surface area contributed by atoms with E-state index in [0.717, 1.165) is 49.7 Å². The lowest BCUT2D eigenvalue weighted by Crippen LogP contribution is -2.48. The van der Waals surface area contributed by atoms with E-state index in [1.54, 1.807) is 7.11 Å². The molecule has 0 radical (unpaired) electrons. The second-order valence-electron chi connectivity index (χ2n) is 6.82. The Morgan fingerprint density at radius 3 is 2.50 bits per heavy atom. The Hall–Kier alpha value is -2.37. The number of carbonyl (C=O) groups is 1. The number of anilines is 1. The number of ether oxygens (including phenoxy) is 1. The molecule has 0 aromatic heterocycles. The summed E-state index contributed by atoms with van der Waals surface area (Å²) in [5.74, 6) is 0.950. The van der Waals surface area contributed by atoms with Crippen LogP contribution in [0.3, 0.4) is 0 Å². The second kappa shape index (κ2) is 8.83. The SMILES string of the molecule is COc1cccc(CN2CCN(CC(=O)Nc3cccc(C)c3)CC2)c1. The van der Waals surface area contributed by atoms with Gasteiger partial charge in [0.1, 0.15) is 5.75 Å². The molecular formula is C21H27N3O2. The van der Waals surface area contributed by atoms with E-state index in [1.165, 1.54) is 5.56 Å². The van der Waals surface area contributed by atoms with Gasteiger partial charge in [0, 0.05) is 38.4 Å². The zero-order valence-electron chi connectivity index (χ0n) is 15.6. The van der Waals surface area contributed by atoms with E-state index >= 15 is 0 Å². The minimum absolute atomic E-state index is 0.0526. The molecule has 5 nitrogen and oxygen atoms in total. The number of carbonyl (C=O) groups excluding carboxylic acids is 1. The number of benzene rings is 2. The van der Waals surface area contributed by atoms with Crippen LogP contribution in [0.25, 0.3) is 0 Å². The highest BCUT2D eigenvalue weighted by atomic mass is 16.5. The van der Waals surface area contributed by atoms with Crippen LogP contribution in [0, 0.1) is 6.92 Å². The van der Waals surface area contributed by atoms with Crippen LogP contribution in [0.5, 0.6) is 5.75 Å². The van der Waals surface area contributed by atoms with Crippen LogP contribution < -0.4 is 10.1 Å². The van der Waals surface area contributed by atoms with Gasteiger partial charge in [-0.15, -0.1) is 0 Å². The highest BCUT2D eigenvalue weighted by Crippen LogP contribution is 2.15. The molecule has 0 aliphatic carbocycles. The molecule has 1 heterocycles. The molecule has 0 unspecified atom stereocenters. The maximum Gasteiger partial charge on any atom is 0.238 e. The number of methoxy groups -OCH3 is 1. The number of nitrogens with zero attached hydrogens (tertiary/aromatic N) is 2. The summed E-state index contributed by atoms with van der Waals surface area (Å²) in [5, 5.41) is 2.99. The van der Waals surface area contributed by atoms with E-state index in [4.69, 9.17) is 4.74 Å². The normalized spacial score (nSPS) is 15.6. The van der Waals surface area contributed by atoms with Crippen LogP contribution in [0.15, 0.2) is 48.5 Å². The predicted octanol–water partition coefficient (Wildman–Crippen LogP) is 2.76. The van der Waals surface area contributed by atoms with Crippen molar-refractivity contribution in [3.8, 4) is 5.75 Å². The number of nitrogens with one attached hydrogen (secondary N) is 1. The van der Waals surface area contributed by atoms with Gasteiger partial charge in [0.25, 0.3) is 0 Å². The van der Waals surface area contributed by atoms with Gasteiger partial charge >= 0.3 is 0 Å². The van der Waals surface area contributed by atoms with Gasteiger partial charge in [-0.25, -0.2) is 0 Å². The molecule has 0 spiro atoms. The third-order valence-electron chi connectivity index (χ3n) is 4.67. The maximum atomic E-state index is 12.3. The quantitative estimate of drug-likeness (QED) is 0.867. The zero-order chi connectivity index (χ0) is 18.4. The number of piperazine rings is 1. The fourth-order valence-electron chi connectivity index (χ4n) is 3.26. The van der Waals surface area contributed by atoms with Crippen LogP contribution in [-0.4, -0.2) is 55.5 Å². The molecule has 2 aromatic rings. The van der Waals surface area contributed by atoms with E-state index in [2.05, 4.69) is 27.2 Å². The number of hydrogen-bond donors (Lipinski definition) is 1. The lowest BCUT2D eigenvalue weighted by Gasteiger charge is -2.34. The maximum absolute atomic E-state index is 12.3. The van der Waals surface area contributed by atoms with Crippen molar-refractivity contribution in [2.75, 3.05) is 45.2 Å². The largest absolute Gasteiger partial charge is 0.497 e. The Morgan fingerprint density at radius 1 is 1.04 bits per heavy atom. The van der Waals surface area contributed by atoms with E-state index in [1.807, 2.05) is 43.3 Å². The van der Waals surface area contributed by atoms with Gasteiger partial charge in [-0.2, -0.15) is 0 Å². The summed E-state index contributed by atoms with van der Waals surface area (Å²) < 4.78 is 5.29. The van der Waals surface area contributed by atoms with Crippen LogP contribution >= 0.6 is 0 Å². The summed E-state index contributed by atoms with van der Waals surface area (Å²) >= 11 is 0. The summed E-state index contributed by atoms with van der Waals surface area (Å²) in [6.07, 6.45) is 0. The Morgan fingerprint density at radius 2 is 1.77 bits per heavy atom. The molecule has 3 rings (SSSR count). The molecule has 5 heteroatoms. The fourth-order valence-corrected chi connectivity index (χ4v) is 3.26. The molecule has 1 N–H and O–H groups in total. The van der Waals surface area contributed by atoms with Crippen molar-refractivity contribution in [3.63, 3.8) is 0 Å². The van der Waals surface area contributed by atoms with E-state index in [-0.39, 0.29) is 5.91 Å². The van der Waals surface area contributed by atoms with Crippen LogP contribution in [0.1, 0.15) is 11.1 Å². The topological polar surface area (TPSA) is 44.8 Å². The van der Waals surface area contributed by atoms with Crippen molar-refractivity contribution >= 4 is 11.6 Å². The number of rotatable bonds is 6. The molecule has 1 saturated heterocycles. The van der Waals surface area contributed by atoms with Gasteiger partial charge in [0.05, 0.1) is 13.7 Å². The Balaban J connectivity index is 1.44. The molecule has 1 amide bonds. The van der Waals surface area contributed by atoms with E-state index in [0.29, 0.717) is 6.54 Å². The highest BCUT2D eigenvalue weighted by Gasteiger charge is 2.19. The van der Waals surface area contributed by atoms with Crippen LogP contribution in [0.2, 0.25) is 0 Å². The van der Waals surface area contributed by atoms with Gasteiger partial charge in [-0.1, -0.05) is 24.3 Å². The molecular weight excluding hydrogens is 326 g/mol. The predicted molar refractivity (Wildman–Crippen MR) is 105 cm³/mol. The first-order valence-corrected chi connectivity index (χ1v) is 9.06. The van der Waals surface area contributed by atoms with Crippen molar-refractivity contribution in [2.24, 2.45) is 0 Å². The molecule has 138 valence electrons. The second-order valence-corrected chi connectivity index (χ2v) is 6.82. The Bertz CT molecular complexity index is 740. The van der Waals surface area contributed by atoms with Gasteiger partial charge in [-0.05, 0) is 42.3 Å². The molecule has 1 aliphatic heterocycles. The standard InChI is InChI=1S/C21H27N3O2/c1-17-5-3-7-19(13-17)22-21(25)16-24-11-9-23(10-12-24)15-18-6-4-8-20(14-18)26-2/h3-8,13-14H,9-12,15-16H2,1-2H3,(H,22,25). The van der Waals surface area contributed by atoms with Crippen molar-refractivity contribution in [1.82, 2.24) is 9.80 Å². The van der Waals surface area contributed by atoms with Crippen molar-refractivity contribution in [2.45, 2.75) is 13.5 Å². The minimum atomic E-state index is 0.0526. The molecule has 0 bridgehead atoms. The third-order valence-corrected chi connectivity index (χ3v) is 4.67. The molecule has 26 heavy (non-hydrogen) atoms. The fraction of sp³-hybridized carbons (Fsp3) is 0.381. The third kappa shape index (κ3) is 5.31. The van der Waals surface area contributed by atoms with E-state index in [9.17, 15) is 4.79 Å². The van der Waals surface area contributed by atoms with Crippen molar-refractivity contribution in [1.29, 1.82) is 0 Å². The summed E-state index contributed by atoms with van der Waals surface area (Å²) in [6.45, 7) is 7.14. The smallest absolute Gasteiger partial charge is 0.238 e. The lowest BCUT2D eigenvalue weighted by molar-refractivity contribution is -0.117. The Kier molecular flexibility index (Phi) is 6.26. The zero-order valence-corrected chi connectivity index (χ0v) is 15.6. The van der Waals surface area contributed by atoms with Crippen LogP contribution in [-0.2, 0) is 11.3 Å². The molecule has 1 aliphatic rings. The summed E-state index contributed by atoms with van der Waals surface area (Å²) in [5.41, 5.74) is 3.27. The van der Waals surface area contributed by atoms with Crippen molar-refractivity contribution in [3.05, 3.63) is 59.7 Å².